The quantitative estimate of drug-likeness (QED) is 0.832. The van der Waals surface area contributed by atoms with Crippen molar-refractivity contribution in [2.45, 2.75) is 37.1 Å². The lowest BCUT2D eigenvalue weighted by Gasteiger charge is -2.23. The first kappa shape index (κ1) is 18.0. The van der Waals surface area contributed by atoms with Gasteiger partial charge in [0.15, 0.2) is 0 Å². The normalized spacial score (nSPS) is 18.4. The van der Waals surface area contributed by atoms with Crippen LogP contribution >= 0.6 is 11.3 Å². The summed E-state index contributed by atoms with van der Waals surface area (Å²) in [4.78, 5) is 17.1. The van der Waals surface area contributed by atoms with Gasteiger partial charge in [-0.05, 0) is 31.9 Å². The number of amides is 1. The predicted molar refractivity (Wildman–Crippen MR) is 96.9 cm³/mol. The minimum absolute atomic E-state index is 0.229. The Morgan fingerprint density at radius 3 is 2.80 bits per heavy atom. The minimum Gasteiger partial charge on any atom is -0.354 e. The molecule has 0 radical (unpaired) electrons. The van der Waals surface area contributed by atoms with Gasteiger partial charge in [0.2, 0.25) is 15.9 Å². The number of hydrogen-bond acceptors (Lipinski definition) is 5. The third-order valence-electron chi connectivity index (χ3n) is 4.20. The summed E-state index contributed by atoms with van der Waals surface area (Å²) in [5.74, 6) is -0.232. The Morgan fingerprint density at radius 1 is 1.36 bits per heavy atom. The molecule has 25 heavy (non-hydrogen) atoms. The van der Waals surface area contributed by atoms with Crippen molar-refractivity contribution in [1.82, 2.24) is 14.6 Å². The largest absolute Gasteiger partial charge is 0.354 e. The van der Waals surface area contributed by atoms with Crippen LogP contribution in [0.3, 0.4) is 0 Å². The molecule has 1 aromatic heterocycles. The van der Waals surface area contributed by atoms with E-state index in [1.807, 2.05) is 12.3 Å². The number of rotatable bonds is 6. The van der Waals surface area contributed by atoms with Crippen molar-refractivity contribution in [1.29, 1.82) is 0 Å². The SMILES string of the molecule is Cc1nc(CCNC(=O)[C@H]2CCCN2S(=O)(=O)c2ccccc2)cs1. The fourth-order valence-corrected chi connectivity index (χ4v) is 5.30. The van der Waals surface area contributed by atoms with Crippen LogP contribution < -0.4 is 5.32 Å². The number of sulfonamides is 1. The lowest BCUT2D eigenvalue weighted by Crippen LogP contribution is -2.46. The van der Waals surface area contributed by atoms with Crippen LogP contribution in [0.15, 0.2) is 40.6 Å². The summed E-state index contributed by atoms with van der Waals surface area (Å²) < 4.78 is 26.9. The zero-order valence-electron chi connectivity index (χ0n) is 14.0. The van der Waals surface area contributed by atoms with Crippen LogP contribution in [0.4, 0.5) is 0 Å². The van der Waals surface area contributed by atoms with Crippen molar-refractivity contribution in [3.63, 3.8) is 0 Å². The second kappa shape index (κ2) is 7.63. The van der Waals surface area contributed by atoms with Gasteiger partial charge >= 0.3 is 0 Å². The molecule has 2 heterocycles. The third-order valence-corrected chi connectivity index (χ3v) is 6.95. The average Bonchev–Trinajstić information content (AvgIpc) is 3.25. The van der Waals surface area contributed by atoms with Gasteiger partial charge in [-0.15, -0.1) is 11.3 Å². The molecule has 2 aromatic rings. The molecule has 1 N–H and O–H groups in total. The highest BCUT2D eigenvalue weighted by molar-refractivity contribution is 7.89. The number of hydrogen-bond donors (Lipinski definition) is 1. The highest BCUT2D eigenvalue weighted by Crippen LogP contribution is 2.26. The molecular formula is C17H21N3O3S2. The van der Waals surface area contributed by atoms with E-state index in [1.165, 1.54) is 4.31 Å². The van der Waals surface area contributed by atoms with Crippen LogP contribution in [0.2, 0.25) is 0 Å². The Balaban J connectivity index is 1.63. The number of aryl methyl sites for hydroxylation is 1. The van der Waals surface area contributed by atoms with Gasteiger partial charge in [-0.25, -0.2) is 13.4 Å². The second-order valence-electron chi connectivity index (χ2n) is 5.99. The molecule has 1 amide bonds. The molecule has 1 saturated heterocycles. The van der Waals surface area contributed by atoms with Gasteiger partial charge in [0, 0.05) is 24.9 Å². The fourth-order valence-electron chi connectivity index (χ4n) is 2.97. The van der Waals surface area contributed by atoms with Gasteiger partial charge in [0.05, 0.1) is 15.6 Å². The summed E-state index contributed by atoms with van der Waals surface area (Å²) in [6.07, 6.45) is 1.89. The van der Waals surface area contributed by atoms with E-state index in [1.54, 1.807) is 41.7 Å². The van der Waals surface area contributed by atoms with Crippen LogP contribution in [0, 0.1) is 6.92 Å². The first-order chi connectivity index (χ1) is 12.0. The van der Waals surface area contributed by atoms with Gasteiger partial charge < -0.3 is 5.32 Å². The van der Waals surface area contributed by atoms with E-state index in [4.69, 9.17) is 0 Å². The molecule has 1 aromatic carbocycles. The standard InChI is InChI=1S/C17H21N3O3S2/c1-13-19-14(12-24-13)9-10-18-17(21)16-8-5-11-20(16)25(22,23)15-6-3-2-4-7-15/h2-4,6-7,12,16H,5,8-11H2,1H3,(H,18,21)/t16-/m1/s1. The van der Waals surface area contributed by atoms with Gasteiger partial charge in [-0.1, -0.05) is 18.2 Å². The van der Waals surface area contributed by atoms with Crippen molar-refractivity contribution in [2.24, 2.45) is 0 Å². The zero-order chi connectivity index (χ0) is 17.9. The Morgan fingerprint density at radius 2 is 2.12 bits per heavy atom. The summed E-state index contributed by atoms with van der Waals surface area (Å²) in [5.41, 5.74) is 0.947. The topological polar surface area (TPSA) is 79.4 Å². The Hall–Kier alpha value is -1.77. The summed E-state index contributed by atoms with van der Waals surface area (Å²) in [7, 11) is -3.64. The van der Waals surface area contributed by atoms with Crippen molar-refractivity contribution >= 4 is 27.3 Å². The van der Waals surface area contributed by atoms with E-state index in [2.05, 4.69) is 10.3 Å². The number of carbonyl (C=O) groups is 1. The average molecular weight is 380 g/mol. The lowest BCUT2D eigenvalue weighted by atomic mass is 10.2. The Kier molecular flexibility index (Phi) is 5.51. The van der Waals surface area contributed by atoms with Gasteiger partial charge in [-0.3, -0.25) is 4.79 Å². The van der Waals surface area contributed by atoms with Crippen LogP contribution in [0.5, 0.6) is 0 Å². The predicted octanol–water partition coefficient (Wildman–Crippen LogP) is 1.96. The van der Waals surface area contributed by atoms with E-state index in [0.717, 1.165) is 10.7 Å². The Bertz CT molecular complexity index is 834. The molecule has 3 rings (SSSR count). The summed E-state index contributed by atoms with van der Waals surface area (Å²) in [5, 5.41) is 5.83. The number of thiazole rings is 1. The minimum atomic E-state index is -3.64. The van der Waals surface area contributed by atoms with Crippen LogP contribution in [-0.4, -0.2) is 42.7 Å². The first-order valence-electron chi connectivity index (χ1n) is 8.24. The monoisotopic (exact) mass is 379 g/mol. The van der Waals surface area contributed by atoms with Gasteiger partial charge in [0.1, 0.15) is 6.04 Å². The number of aromatic nitrogens is 1. The van der Waals surface area contributed by atoms with Crippen LogP contribution in [0.1, 0.15) is 23.5 Å². The number of nitrogens with zero attached hydrogens (tertiary/aromatic N) is 2. The summed E-state index contributed by atoms with van der Waals surface area (Å²) in [6, 6.07) is 7.64. The maximum absolute atomic E-state index is 12.8. The molecule has 1 atom stereocenters. The van der Waals surface area contributed by atoms with E-state index in [0.29, 0.717) is 32.4 Å². The van der Waals surface area contributed by atoms with Crippen molar-refractivity contribution in [3.8, 4) is 0 Å². The third kappa shape index (κ3) is 4.08. The molecule has 6 nitrogen and oxygen atoms in total. The van der Waals surface area contributed by atoms with Crippen molar-refractivity contribution < 1.29 is 13.2 Å². The summed E-state index contributed by atoms with van der Waals surface area (Å²) in [6.45, 7) is 2.77. The van der Waals surface area contributed by atoms with E-state index in [-0.39, 0.29) is 10.8 Å². The van der Waals surface area contributed by atoms with Gasteiger partial charge in [-0.2, -0.15) is 4.31 Å². The highest BCUT2D eigenvalue weighted by Gasteiger charge is 2.39. The maximum Gasteiger partial charge on any atom is 0.243 e. The lowest BCUT2D eigenvalue weighted by molar-refractivity contribution is -0.124. The smallest absolute Gasteiger partial charge is 0.243 e. The molecule has 8 heteroatoms. The molecule has 0 aliphatic carbocycles. The number of benzene rings is 1. The van der Waals surface area contributed by atoms with E-state index < -0.39 is 16.1 Å². The Labute approximate surface area is 151 Å². The second-order valence-corrected chi connectivity index (χ2v) is 8.94. The fraction of sp³-hybridized carbons (Fsp3) is 0.412. The van der Waals surface area contributed by atoms with Crippen molar-refractivity contribution in [3.05, 3.63) is 46.4 Å². The molecule has 1 fully saturated rings. The molecular weight excluding hydrogens is 358 g/mol. The van der Waals surface area contributed by atoms with E-state index in [9.17, 15) is 13.2 Å². The molecule has 0 saturated carbocycles. The molecule has 0 unspecified atom stereocenters. The van der Waals surface area contributed by atoms with Crippen LogP contribution in [-0.2, 0) is 21.2 Å². The number of nitrogens with one attached hydrogen (secondary N) is 1. The zero-order valence-corrected chi connectivity index (χ0v) is 15.6. The van der Waals surface area contributed by atoms with Gasteiger partial charge in [0.25, 0.3) is 0 Å². The maximum atomic E-state index is 12.8. The van der Waals surface area contributed by atoms with Crippen LogP contribution in [0.25, 0.3) is 0 Å². The molecule has 1 aliphatic rings. The van der Waals surface area contributed by atoms with Crippen molar-refractivity contribution in [2.75, 3.05) is 13.1 Å². The number of carbonyl (C=O) groups excluding carboxylic acids is 1. The molecule has 134 valence electrons. The molecule has 0 bridgehead atoms. The molecule has 0 spiro atoms. The van der Waals surface area contributed by atoms with E-state index >= 15 is 0 Å². The highest BCUT2D eigenvalue weighted by atomic mass is 32.2. The first-order valence-corrected chi connectivity index (χ1v) is 10.6. The summed E-state index contributed by atoms with van der Waals surface area (Å²) >= 11 is 1.58. The molecule has 1 aliphatic heterocycles.